The van der Waals surface area contributed by atoms with E-state index in [9.17, 15) is 14.0 Å². The average molecular weight is 270 g/mol. The molecule has 0 saturated carbocycles. The molecule has 0 aliphatic carbocycles. The molecule has 0 aliphatic rings. The van der Waals surface area contributed by atoms with Crippen LogP contribution in [0.4, 0.5) is 9.18 Å². The second-order valence-corrected chi connectivity index (χ2v) is 4.01. The Morgan fingerprint density at radius 3 is 2.68 bits per heavy atom. The maximum atomic E-state index is 13.0. The maximum absolute atomic E-state index is 13.0. The molecule has 0 aromatic heterocycles. The third kappa shape index (κ3) is 4.55. The first-order chi connectivity index (χ1) is 8.93. The lowest BCUT2D eigenvalue weighted by molar-refractivity contribution is -0.140. The van der Waals surface area contributed by atoms with Gasteiger partial charge in [-0.15, -0.1) is 0 Å². The molecule has 1 aromatic rings. The second kappa shape index (κ2) is 6.69. The lowest BCUT2D eigenvalue weighted by Crippen LogP contribution is -2.48. The van der Waals surface area contributed by atoms with Crippen molar-refractivity contribution in [2.24, 2.45) is 0 Å². The van der Waals surface area contributed by atoms with Crippen LogP contribution in [-0.2, 0) is 11.3 Å². The van der Waals surface area contributed by atoms with Crippen molar-refractivity contribution in [2.75, 3.05) is 13.7 Å². The Hall–Kier alpha value is -2.15. The van der Waals surface area contributed by atoms with Gasteiger partial charge in [-0.2, -0.15) is 0 Å². The van der Waals surface area contributed by atoms with Gasteiger partial charge in [-0.1, -0.05) is 12.1 Å². The van der Waals surface area contributed by atoms with Crippen LogP contribution < -0.4 is 5.32 Å². The van der Waals surface area contributed by atoms with Crippen LogP contribution in [0.3, 0.4) is 0 Å². The quantitative estimate of drug-likeness (QED) is 0.723. The van der Waals surface area contributed by atoms with Gasteiger partial charge in [-0.3, -0.25) is 0 Å². The lowest BCUT2D eigenvalue weighted by Gasteiger charge is -2.20. The van der Waals surface area contributed by atoms with Crippen molar-refractivity contribution in [3.8, 4) is 0 Å². The fraction of sp³-hybridized carbons (Fsp3) is 0.333. The first kappa shape index (κ1) is 14.9. The number of amides is 2. The van der Waals surface area contributed by atoms with Crippen molar-refractivity contribution in [1.82, 2.24) is 10.2 Å². The number of hydrogen-bond donors (Lipinski definition) is 3. The van der Waals surface area contributed by atoms with Gasteiger partial charge in [0.1, 0.15) is 5.82 Å². The molecule has 0 spiro atoms. The van der Waals surface area contributed by atoms with E-state index in [1.54, 1.807) is 6.07 Å². The molecule has 1 rings (SSSR count). The van der Waals surface area contributed by atoms with Crippen LogP contribution >= 0.6 is 0 Å². The number of hydrogen-bond acceptors (Lipinski definition) is 3. The molecule has 3 N–H and O–H groups in total. The summed E-state index contributed by atoms with van der Waals surface area (Å²) in [6.07, 6.45) is 0. The minimum Gasteiger partial charge on any atom is -0.480 e. The summed E-state index contributed by atoms with van der Waals surface area (Å²) >= 11 is 0. The highest BCUT2D eigenvalue weighted by molar-refractivity contribution is 5.82. The fourth-order valence-corrected chi connectivity index (χ4v) is 1.43. The Balaban J connectivity index is 2.60. The Kier molecular flexibility index (Phi) is 5.25. The zero-order valence-electron chi connectivity index (χ0n) is 10.3. The summed E-state index contributed by atoms with van der Waals surface area (Å²) < 4.78 is 13.0. The van der Waals surface area contributed by atoms with E-state index in [2.05, 4.69) is 5.32 Å². The monoisotopic (exact) mass is 270 g/mol. The maximum Gasteiger partial charge on any atom is 0.328 e. The second-order valence-electron chi connectivity index (χ2n) is 4.01. The number of nitrogens with zero attached hydrogens (tertiary/aromatic N) is 1. The summed E-state index contributed by atoms with van der Waals surface area (Å²) in [6, 6.07) is 3.71. The largest absolute Gasteiger partial charge is 0.480 e. The Morgan fingerprint density at radius 1 is 1.47 bits per heavy atom. The first-order valence-electron chi connectivity index (χ1n) is 5.53. The summed E-state index contributed by atoms with van der Waals surface area (Å²) in [7, 11) is 1.44. The van der Waals surface area contributed by atoms with Crippen molar-refractivity contribution < 1.29 is 24.2 Å². The van der Waals surface area contributed by atoms with Crippen LogP contribution in [0.5, 0.6) is 0 Å². The molecule has 0 radical (unpaired) electrons. The predicted octanol–water partition coefficient (Wildman–Crippen LogP) is 0.413. The number of benzene rings is 1. The SMILES string of the molecule is CN(Cc1cccc(F)c1)C(=O)N[C@@H](CO)C(=O)O. The normalized spacial score (nSPS) is 11.7. The molecular weight excluding hydrogens is 255 g/mol. The van der Waals surface area contributed by atoms with Crippen molar-refractivity contribution in [3.05, 3.63) is 35.6 Å². The van der Waals surface area contributed by atoms with Crippen molar-refractivity contribution in [3.63, 3.8) is 0 Å². The number of aliphatic hydroxyl groups is 1. The molecule has 2 amide bonds. The third-order valence-electron chi connectivity index (χ3n) is 2.43. The predicted molar refractivity (Wildman–Crippen MR) is 64.9 cm³/mol. The van der Waals surface area contributed by atoms with Gasteiger partial charge in [-0.25, -0.2) is 14.0 Å². The summed E-state index contributed by atoms with van der Waals surface area (Å²) in [5.41, 5.74) is 0.577. The third-order valence-corrected chi connectivity index (χ3v) is 2.43. The molecular formula is C12H15FN2O4. The van der Waals surface area contributed by atoms with E-state index in [-0.39, 0.29) is 6.54 Å². The van der Waals surface area contributed by atoms with Gasteiger partial charge in [0.15, 0.2) is 6.04 Å². The average Bonchev–Trinajstić information content (AvgIpc) is 2.35. The number of carboxylic acids is 1. The lowest BCUT2D eigenvalue weighted by atomic mass is 10.2. The zero-order chi connectivity index (χ0) is 14.4. The first-order valence-corrected chi connectivity index (χ1v) is 5.53. The Labute approximate surface area is 109 Å². The highest BCUT2D eigenvalue weighted by Crippen LogP contribution is 2.06. The van der Waals surface area contributed by atoms with Gasteiger partial charge >= 0.3 is 12.0 Å². The van der Waals surface area contributed by atoms with Gasteiger partial charge in [0.05, 0.1) is 6.61 Å². The van der Waals surface area contributed by atoms with Crippen molar-refractivity contribution in [1.29, 1.82) is 0 Å². The number of nitrogens with one attached hydrogen (secondary N) is 1. The number of carbonyl (C=O) groups excluding carboxylic acids is 1. The van der Waals surface area contributed by atoms with Crippen LogP contribution in [0.2, 0.25) is 0 Å². The van der Waals surface area contributed by atoms with E-state index in [0.717, 1.165) is 0 Å². The molecule has 0 fully saturated rings. The molecule has 1 aromatic carbocycles. The molecule has 1 atom stereocenters. The van der Waals surface area contributed by atoms with Gasteiger partial charge in [0, 0.05) is 13.6 Å². The number of carboxylic acid groups (broad SMARTS) is 1. The van der Waals surface area contributed by atoms with Gasteiger partial charge in [0.25, 0.3) is 0 Å². The Bertz CT molecular complexity index is 467. The summed E-state index contributed by atoms with van der Waals surface area (Å²) in [4.78, 5) is 23.5. The molecule has 6 nitrogen and oxygen atoms in total. The minimum absolute atomic E-state index is 0.126. The number of aliphatic carboxylic acids is 1. The topological polar surface area (TPSA) is 89.9 Å². The van der Waals surface area contributed by atoms with Crippen LogP contribution in [0, 0.1) is 5.82 Å². The number of carbonyl (C=O) groups is 2. The van der Waals surface area contributed by atoms with Crippen LogP contribution in [0.25, 0.3) is 0 Å². The standard InChI is InChI=1S/C12H15FN2O4/c1-15(6-8-3-2-4-9(13)5-8)12(19)14-10(7-16)11(17)18/h2-5,10,16H,6-7H2,1H3,(H,14,19)(H,17,18)/t10-/m0/s1. The van der Waals surface area contributed by atoms with E-state index >= 15 is 0 Å². The number of rotatable bonds is 5. The van der Waals surface area contributed by atoms with E-state index in [1.807, 2.05) is 0 Å². The molecule has 0 unspecified atom stereocenters. The van der Waals surface area contributed by atoms with Crippen molar-refractivity contribution in [2.45, 2.75) is 12.6 Å². The van der Waals surface area contributed by atoms with E-state index in [4.69, 9.17) is 10.2 Å². The van der Waals surface area contributed by atoms with Gasteiger partial charge in [0.2, 0.25) is 0 Å². The van der Waals surface area contributed by atoms with Crippen LogP contribution in [-0.4, -0.2) is 46.8 Å². The highest BCUT2D eigenvalue weighted by atomic mass is 19.1. The highest BCUT2D eigenvalue weighted by Gasteiger charge is 2.20. The van der Waals surface area contributed by atoms with Crippen LogP contribution in [0.15, 0.2) is 24.3 Å². The van der Waals surface area contributed by atoms with Gasteiger partial charge in [-0.05, 0) is 17.7 Å². The summed E-state index contributed by atoms with van der Waals surface area (Å²) in [5, 5.41) is 19.6. The van der Waals surface area contributed by atoms with E-state index in [0.29, 0.717) is 5.56 Å². The molecule has 7 heteroatoms. The zero-order valence-corrected chi connectivity index (χ0v) is 10.3. The minimum atomic E-state index is -1.36. The molecule has 19 heavy (non-hydrogen) atoms. The Morgan fingerprint density at radius 2 is 2.16 bits per heavy atom. The fourth-order valence-electron chi connectivity index (χ4n) is 1.43. The number of halogens is 1. The van der Waals surface area contributed by atoms with Gasteiger partial charge < -0.3 is 20.4 Å². The summed E-state index contributed by atoms with van der Waals surface area (Å²) in [6.45, 7) is -0.573. The summed E-state index contributed by atoms with van der Waals surface area (Å²) in [5.74, 6) is -1.74. The van der Waals surface area contributed by atoms with E-state index < -0.39 is 30.5 Å². The molecule has 0 aliphatic heterocycles. The van der Waals surface area contributed by atoms with Crippen molar-refractivity contribution >= 4 is 12.0 Å². The smallest absolute Gasteiger partial charge is 0.328 e. The number of urea groups is 1. The molecule has 0 bridgehead atoms. The molecule has 0 heterocycles. The molecule has 0 saturated heterocycles. The number of aliphatic hydroxyl groups excluding tert-OH is 1. The van der Waals surface area contributed by atoms with E-state index in [1.165, 1.54) is 30.1 Å². The van der Waals surface area contributed by atoms with Crippen LogP contribution in [0.1, 0.15) is 5.56 Å². The molecule has 104 valence electrons.